The molecule has 14 heavy (non-hydrogen) atoms. The number of nitrogens with one attached hydrogen (secondary N) is 1. The van der Waals surface area contributed by atoms with Gasteiger partial charge < -0.3 is 10.2 Å². The van der Waals surface area contributed by atoms with Crippen LogP contribution in [0.3, 0.4) is 0 Å². The molecule has 2 aliphatic heterocycles. The van der Waals surface area contributed by atoms with Gasteiger partial charge in [0.25, 0.3) is 0 Å². The summed E-state index contributed by atoms with van der Waals surface area (Å²) in [5, 5.41) is 3.56. The van der Waals surface area contributed by atoms with Crippen molar-refractivity contribution in [1.82, 2.24) is 10.2 Å². The van der Waals surface area contributed by atoms with Crippen LogP contribution in [0.5, 0.6) is 0 Å². The van der Waals surface area contributed by atoms with E-state index in [0.717, 1.165) is 19.5 Å². The van der Waals surface area contributed by atoms with E-state index < -0.39 is 0 Å². The van der Waals surface area contributed by atoms with Crippen molar-refractivity contribution >= 4 is 5.91 Å². The van der Waals surface area contributed by atoms with Crippen molar-refractivity contribution in [2.75, 3.05) is 13.1 Å². The second-order valence-electron chi connectivity index (χ2n) is 4.21. The third kappa shape index (κ3) is 1.98. The van der Waals surface area contributed by atoms with E-state index in [-0.39, 0.29) is 5.91 Å². The van der Waals surface area contributed by atoms with E-state index >= 15 is 0 Å². The Balaban J connectivity index is 1.97. The maximum Gasteiger partial charge on any atom is 0.246 e. The molecule has 0 saturated carbocycles. The summed E-state index contributed by atoms with van der Waals surface area (Å²) in [6, 6.07) is 1.19. The molecule has 0 radical (unpaired) electrons. The molecule has 2 saturated heterocycles. The van der Waals surface area contributed by atoms with E-state index in [0.29, 0.717) is 12.1 Å². The van der Waals surface area contributed by atoms with E-state index in [2.05, 4.69) is 5.32 Å². The largest absolute Gasteiger partial charge is 0.338 e. The number of nitrogens with zero attached hydrogens (tertiary/aromatic N) is 1. The molecule has 2 fully saturated rings. The SMILES string of the molecule is C/C=C/C(=O)N1CC[C@H]2CC[C@@H](C1)N2. The van der Waals surface area contributed by atoms with Crippen LogP contribution in [-0.2, 0) is 4.79 Å². The fraction of sp³-hybridized carbons (Fsp3) is 0.727. The Kier molecular flexibility index (Phi) is 2.87. The zero-order valence-corrected chi connectivity index (χ0v) is 8.70. The van der Waals surface area contributed by atoms with Gasteiger partial charge in [-0.15, -0.1) is 0 Å². The molecular weight excluding hydrogens is 176 g/mol. The zero-order chi connectivity index (χ0) is 9.97. The van der Waals surface area contributed by atoms with Crippen LogP contribution >= 0.6 is 0 Å². The van der Waals surface area contributed by atoms with Gasteiger partial charge in [0.05, 0.1) is 0 Å². The minimum Gasteiger partial charge on any atom is -0.338 e. The van der Waals surface area contributed by atoms with E-state index in [1.165, 1.54) is 12.8 Å². The quantitative estimate of drug-likeness (QED) is 0.629. The van der Waals surface area contributed by atoms with Crippen molar-refractivity contribution in [3.05, 3.63) is 12.2 Å². The van der Waals surface area contributed by atoms with Crippen LogP contribution in [0, 0.1) is 0 Å². The minimum atomic E-state index is 0.168. The van der Waals surface area contributed by atoms with Crippen LogP contribution in [-0.4, -0.2) is 36.0 Å². The number of hydrogen-bond donors (Lipinski definition) is 1. The van der Waals surface area contributed by atoms with Gasteiger partial charge in [-0.3, -0.25) is 4.79 Å². The fourth-order valence-corrected chi connectivity index (χ4v) is 2.39. The van der Waals surface area contributed by atoms with Gasteiger partial charge >= 0.3 is 0 Å². The molecule has 3 nitrogen and oxygen atoms in total. The van der Waals surface area contributed by atoms with Crippen molar-refractivity contribution in [2.24, 2.45) is 0 Å². The van der Waals surface area contributed by atoms with E-state index in [4.69, 9.17) is 0 Å². The predicted molar refractivity (Wildman–Crippen MR) is 56.0 cm³/mol. The van der Waals surface area contributed by atoms with Crippen molar-refractivity contribution in [3.63, 3.8) is 0 Å². The van der Waals surface area contributed by atoms with Crippen LogP contribution < -0.4 is 5.32 Å². The van der Waals surface area contributed by atoms with Crippen molar-refractivity contribution in [3.8, 4) is 0 Å². The lowest BCUT2D eigenvalue weighted by Crippen LogP contribution is -2.38. The number of carbonyl (C=O) groups is 1. The molecule has 2 bridgehead atoms. The third-order valence-electron chi connectivity index (χ3n) is 3.14. The zero-order valence-electron chi connectivity index (χ0n) is 8.70. The first-order valence-electron chi connectivity index (χ1n) is 5.47. The fourth-order valence-electron chi connectivity index (χ4n) is 2.39. The first-order chi connectivity index (χ1) is 6.79. The molecule has 3 heteroatoms. The summed E-state index contributed by atoms with van der Waals surface area (Å²) in [4.78, 5) is 13.6. The smallest absolute Gasteiger partial charge is 0.246 e. The Morgan fingerprint density at radius 2 is 2.14 bits per heavy atom. The number of fused-ring (bicyclic) bond motifs is 2. The molecule has 0 spiro atoms. The Morgan fingerprint density at radius 1 is 1.36 bits per heavy atom. The molecule has 2 heterocycles. The van der Waals surface area contributed by atoms with E-state index in [9.17, 15) is 4.79 Å². The molecule has 1 N–H and O–H groups in total. The Hall–Kier alpha value is -0.830. The number of amides is 1. The van der Waals surface area contributed by atoms with Gasteiger partial charge in [0.15, 0.2) is 0 Å². The molecule has 0 aliphatic carbocycles. The summed E-state index contributed by atoms with van der Waals surface area (Å²) in [7, 11) is 0. The normalized spacial score (nSPS) is 32.2. The van der Waals surface area contributed by atoms with Crippen molar-refractivity contribution in [2.45, 2.75) is 38.3 Å². The van der Waals surface area contributed by atoms with E-state index in [1.54, 1.807) is 6.08 Å². The summed E-state index contributed by atoms with van der Waals surface area (Å²) < 4.78 is 0. The van der Waals surface area contributed by atoms with Gasteiger partial charge in [-0.25, -0.2) is 0 Å². The molecule has 0 aromatic rings. The van der Waals surface area contributed by atoms with Crippen LogP contribution in [0.2, 0.25) is 0 Å². The summed E-state index contributed by atoms with van der Waals surface area (Å²) in [5.74, 6) is 0.168. The summed E-state index contributed by atoms with van der Waals surface area (Å²) in [6.07, 6.45) is 7.11. The first-order valence-corrected chi connectivity index (χ1v) is 5.47. The van der Waals surface area contributed by atoms with Gasteiger partial charge in [0, 0.05) is 25.2 Å². The Bertz CT molecular complexity index is 250. The van der Waals surface area contributed by atoms with Gasteiger partial charge in [0.1, 0.15) is 0 Å². The summed E-state index contributed by atoms with van der Waals surface area (Å²) in [6.45, 7) is 3.69. The third-order valence-corrected chi connectivity index (χ3v) is 3.14. The maximum atomic E-state index is 11.6. The molecule has 2 atom stereocenters. The number of allylic oxidation sites excluding steroid dienone is 1. The molecule has 0 unspecified atom stereocenters. The highest BCUT2D eigenvalue weighted by molar-refractivity contribution is 5.87. The second kappa shape index (κ2) is 4.13. The molecule has 0 aromatic heterocycles. The maximum absolute atomic E-state index is 11.6. The summed E-state index contributed by atoms with van der Waals surface area (Å²) in [5.41, 5.74) is 0. The highest BCUT2D eigenvalue weighted by atomic mass is 16.2. The van der Waals surface area contributed by atoms with Gasteiger partial charge in [-0.05, 0) is 32.3 Å². The minimum absolute atomic E-state index is 0.168. The monoisotopic (exact) mass is 194 g/mol. The number of likely N-dealkylation sites (tertiary alicyclic amines) is 1. The predicted octanol–water partition coefficient (Wildman–Crippen LogP) is 0.915. The lowest BCUT2D eigenvalue weighted by molar-refractivity contribution is -0.126. The van der Waals surface area contributed by atoms with Crippen LogP contribution in [0.1, 0.15) is 26.2 Å². The van der Waals surface area contributed by atoms with Gasteiger partial charge in [-0.2, -0.15) is 0 Å². The average molecular weight is 194 g/mol. The lowest BCUT2D eigenvalue weighted by atomic mass is 10.1. The van der Waals surface area contributed by atoms with Crippen LogP contribution in [0.15, 0.2) is 12.2 Å². The number of rotatable bonds is 1. The average Bonchev–Trinajstić information content (AvgIpc) is 2.46. The van der Waals surface area contributed by atoms with Gasteiger partial charge in [0.2, 0.25) is 5.91 Å². The Morgan fingerprint density at radius 3 is 2.93 bits per heavy atom. The lowest BCUT2D eigenvalue weighted by Gasteiger charge is -2.22. The van der Waals surface area contributed by atoms with Crippen LogP contribution in [0.4, 0.5) is 0 Å². The number of hydrogen-bond acceptors (Lipinski definition) is 2. The first kappa shape index (κ1) is 9.71. The molecule has 0 aromatic carbocycles. The van der Waals surface area contributed by atoms with Crippen LogP contribution in [0.25, 0.3) is 0 Å². The number of carbonyl (C=O) groups excluding carboxylic acids is 1. The standard InChI is InChI=1S/C11H18N2O/c1-2-3-11(14)13-7-6-9-4-5-10(8-13)12-9/h2-3,9-10,12H,4-8H2,1H3/b3-2+/t9-,10+/m1/s1. The molecule has 78 valence electrons. The molecule has 2 aliphatic rings. The van der Waals surface area contributed by atoms with Crippen molar-refractivity contribution in [1.29, 1.82) is 0 Å². The highest BCUT2D eigenvalue weighted by Gasteiger charge is 2.30. The molecule has 1 amide bonds. The topological polar surface area (TPSA) is 32.3 Å². The summed E-state index contributed by atoms with van der Waals surface area (Å²) >= 11 is 0. The molecule has 2 rings (SSSR count). The highest BCUT2D eigenvalue weighted by Crippen LogP contribution is 2.20. The van der Waals surface area contributed by atoms with Gasteiger partial charge in [-0.1, -0.05) is 6.08 Å². The van der Waals surface area contributed by atoms with E-state index in [1.807, 2.05) is 17.9 Å². The van der Waals surface area contributed by atoms with Crippen molar-refractivity contribution < 1.29 is 4.79 Å². The Labute approximate surface area is 85.2 Å². The second-order valence-corrected chi connectivity index (χ2v) is 4.21. The molecular formula is C11H18N2O.